The fourth-order valence-electron chi connectivity index (χ4n) is 2.83. The maximum absolute atomic E-state index is 12.5. The van der Waals surface area contributed by atoms with Crippen LogP contribution in [-0.4, -0.2) is 37.3 Å². The first-order valence-electron chi connectivity index (χ1n) is 8.40. The first-order chi connectivity index (χ1) is 12.2. The molecule has 5 nitrogen and oxygen atoms in total. The molecule has 0 aliphatic carbocycles. The van der Waals surface area contributed by atoms with Gasteiger partial charge in [-0.15, -0.1) is 0 Å². The molecule has 2 aromatic carbocycles. The molecule has 2 unspecified atom stereocenters. The molecule has 1 aliphatic heterocycles. The van der Waals surface area contributed by atoms with Crippen molar-refractivity contribution >= 4 is 6.09 Å². The molecule has 0 bridgehead atoms. The predicted octanol–water partition coefficient (Wildman–Crippen LogP) is 3.79. The Morgan fingerprint density at radius 3 is 2.56 bits per heavy atom. The third-order valence-corrected chi connectivity index (χ3v) is 4.36. The SMILES string of the molecule is COc1ccc(C2CN(C(=O)OCc3ccccc3)C(C)CO2)cc1. The zero-order chi connectivity index (χ0) is 17.6. The molecule has 5 heteroatoms. The molecule has 1 fully saturated rings. The molecule has 1 amide bonds. The molecule has 0 N–H and O–H groups in total. The van der Waals surface area contributed by atoms with E-state index >= 15 is 0 Å². The lowest BCUT2D eigenvalue weighted by Gasteiger charge is -2.37. The summed E-state index contributed by atoms with van der Waals surface area (Å²) in [4.78, 5) is 14.2. The van der Waals surface area contributed by atoms with Crippen LogP contribution < -0.4 is 4.74 Å². The van der Waals surface area contributed by atoms with Crippen LogP contribution in [0.25, 0.3) is 0 Å². The van der Waals surface area contributed by atoms with Crippen molar-refractivity contribution in [3.63, 3.8) is 0 Å². The summed E-state index contributed by atoms with van der Waals surface area (Å²) in [6.07, 6.45) is -0.468. The van der Waals surface area contributed by atoms with Crippen molar-refractivity contribution in [2.24, 2.45) is 0 Å². The Morgan fingerprint density at radius 1 is 1.16 bits per heavy atom. The topological polar surface area (TPSA) is 48.0 Å². The van der Waals surface area contributed by atoms with Crippen LogP contribution in [-0.2, 0) is 16.1 Å². The van der Waals surface area contributed by atoms with Gasteiger partial charge in [-0.2, -0.15) is 0 Å². The van der Waals surface area contributed by atoms with Gasteiger partial charge in [-0.1, -0.05) is 42.5 Å². The van der Waals surface area contributed by atoms with E-state index in [1.165, 1.54) is 0 Å². The van der Waals surface area contributed by atoms with E-state index in [2.05, 4.69) is 0 Å². The Balaban J connectivity index is 1.62. The van der Waals surface area contributed by atoms with Crippen LogP contribution in [0.5, 0.6) is 5.75 Å². The molecule has 0 aromatic heterocycles. The van der Waals surface area contributed by atoms with Crippen LogP contribution in [0.15, 0.2) is 54.6 Å². The monoisotopic (exact) mass is 341 g/mol. The number of methoxy groups -OCH3 is 1. The van der Waals surface area contributed by atoms with Crippen molar-refractivity contribution < 1.29 is 19.0 Å². The first kappa shape index (κ1) is 17.3. The molecule has 2 atom stereocenters. The molecular formula is C20H23NO4. The highest BCUT2D eigenvalue weighted by Gasteiger charge is 2.31. The van der Waals surface area contributed by atoms with Gasteiger partial charge < -0.3 is 19.1 Å². The van der Waals surface area contributed by atoms with Crippen molar-refractivity contribution in [3.8, 4) is 5.75 Å². The Bertz CT molecular complexity index is 687. The molecule has 132 valence electrons. The van der Waals surface area contributed by atoms with E-state index in [9.17, 15) is 4.79 Å². The van der Waals surface area contributed by atoms with Gasteiger partial charge in [-0.05, 0) is 30.2 Å². The van der Waals surface area contributed by atoms with E-state index in [0.29, 0.717) is 13.2 Å². The number of carbonyl (C=O) groups excluding carboxylic acids is 1. The van der Waals surface area contributed by atoms with Gasteiger partial charge in [0.1, 0.15) is 18.5 Å². The molecule has 1 aliphatic rings. The quantitative estimate of drug-likeness (QED) is 0.849. The van der Waals surface area contributed by atoms with Crippen molar-refractivity contribution in [2.45, 2.75) is 25.7 Å². The minimum Gasteiger partial charge on any atom is -0.497 e. The standard InChI is InChI=1S/C20H23NO4/c1-15-13-24-19(17-8-10-18(23-2)11-9-17)12-21(15)20(22)25-14-16-6-4-3-5-7-16/h3-11,15,19H,12-14H2,1-2H3. The Morgan fingerprint density at radius 2 is 1.88 bits per heavy atom. The van der Waals surface area contributed by atoms with Crippen molar-refractivity contribution in [2.75, 3.05) is 20.3 Å². The van der Waals surface area contributed by atoms with Crippen LogP contribution in [0.1, 0.15) is 24.2 Å². The average molecular weight is 341 g/mol. The molecule has 25 heavy (non-hydrogen) atoms. The van der Waals surface area contributed by atoms with Gasteiger partial charge in [0.2, 0.25) is 0 Å². The van der Waals surface area contributed by atoms with Crippen LogP contribution in [0.4, 0.5) is 4.79 Å². The van der Waals surface area contributed by atoms with Gasteiger partial charge in [-0.25, -0.2) is 4.79 Å². The second kappa shape index (κ2) is 8.03. The minimum absolute atomic E-state index is 0.0160. The van der Waals surface area contributed by atoms with Gasteiger partial charge in [0.05, 0.1) is 26.3 Å². The highest BCUT2D eigenvalue weighted by atomic mass is 16.6. The molecule has 3 rings (SSSR count). The normalized spacial score (nSPS) is 20.2. The smallest absolute Gasteiger partial charge is 0.410 e. The van der Waals surface area contributed by atoms with Gasteiger partial charge in [0.15, 0.2) is 0 Å². The number of carbonyl (C=O) groups is 1. The number of benzene rings is 2. The number of hydrogen-bond acceptors (Lipinski definition) is 4. The summed E-state index contributed by atoms with van der Waals surface area (Å²) < 4.78 is 16.6. The predicted molar refractivity (Wildman–Crippen MR) is 94.5 cm³/mol. The van der Waals surface area contributed by atoms with E-state index in [0.717, 1.165) is 16.9 Å². The lowest BCUT2D eigenvalue weighted by atomic mass is 10.1. The van der Waals surface area contributed by atoms with E-state index < -0.39 is 0 Å². The molecule has 1 saturated heterocycles. The third-order valence-electron chi connectivity index (χ3n) is 4.36. The molecule has 1 heterocycles. The molecule has 0 saturated carbocycles. The highest BCUT2D eigenvalue weighted by molar-refractivity contribution is 5.68. The van der Waals surface area contributed by atoms with Crippen molar-refractivity contribution in [1.29, 1.82) is 0 Å². The van der Waals surface area contributed by atoms with E-state index in [1.807, 2.05) is 61.5 Å². The number of hydrogen-bond donors (Lipinski definition) is 0. The Kier molecular flexibility index (Phi) is 5.56. The Hall–Kier alpha value is -2.53. The summed E-state index contributed by atoms with van der Waals surface area (Å²) in [6.45, 7) is 3.20. The lowest BCUT2D eigenvalue weighted by Crippen LogP contribution is -2.48. The number of nitrogens with zero attached hydrogens (tertiary/aromatic N) is 1. The summed E-state index contributed by atoms with van der Waals surface area (Å²) in [6, 6.07) is 17.4. The summed E-state index contributed by atoms with van der Waals surface area (Å²) in [5, 5.41) is 0. The summed E-state index contributed by atoms with van der Waals surface area (Å²) in [5.74, 6) is 0.798. The zero-order valence-corrected chi connectivity index (χ0v) is 14.6. The van der Waals surface area contributed by atoms with E-state index in [4.69, 9.17) is 14.2 Å². The largest absolute Gasteiger partial charge is 0.497 e. The molecule has 0 spiro atoms. The number of rotatable bonds is 4. The number of morpholine rings is 1. The van der Waals surface area contributed by atoms with Gasteiger partial charge in [0.25, 0.3) is 0 Å². The second-order valence-electron chi connectivity index (χ2n) is 6.14. The van der Waals surface area contributed by atoms with Crippen molar-refractivity contribution in [3.05, 3.63) is 65.7 Å². The average Bonchev–Trinajstić information content (AvgIpc) is 2.67. The van der Waals surface area contributed by atoms with Gasteiger partial charge >= 0.3 is 6.09 Å². The maximum atomic E-state index is 12.5. The van der Waals surface area contributed by atoms with E-state index in [-0.39, 0.29) is 24.8 Å². The molecule has 2 aromatic rings. The van der Waals surface area contributed by atoms with Crippen LogP contribution in [0.3, 0.4) is 0 Å². The van der Waals surface area contributed by atoms with Gasteiger partial charge in [-0.3, -0.25) is 0 Å². The number of amides is 1. The van der Waals surface area contributed by atoms with Crippen LogP contribution in [0.2, 0.25) is 0 Å². The fraction of sp³-hybridized carbons (Fsp3) is 0.350. The Labute approximate surface area is 148 Å². The fourth-order valence-corrected chi connectivity index (χ4v) is 2.83. The van der Waals surface area contributed by atoms with E-state index in [1.54, 1.807) is 12.0 Å². The third kappa shape index (κ3) is 4.31. The maximum Gasteiger partial charge on any atom is 0.410 e. The summed E-state index contributed by atoms with van der Waals surface area (Å²) in [5.41, 5.74) is 2.00. The van der Waals surface area contributed by atoms with Crippen LogP contribution >= 0.6 is 0 Å². The minimum atomic E-state index is -0.307. The second-order valence-corrected chi connectivity index (χ2v) is 6.14. The number of ether oxygens (including phenoxy) is 3. The molecular weight excluding hydrogens is 318 g/mol. The summed E-state index contributed by atoms with van der Waals surface area (Å²) >= 11 is 0. The van der Waals surface area contributed by atoms with Crippen molar-refractivity contribution in [1.82, 2.24) is 4.90 Å². The molecule has 0 radical (unpaired) electrons. The highest BCUT2D eigenvalue weighted by Crippen LogP contribution is 2.27. The lowest BCUT2D eigenvalue weighted by molar-refractivity contribution is -0.0561. The van der Waals surface area contributed by atoms with Crippen LogP contribution in [0, 0.1) is 0 Å². The summed E-state index contributed by atoms with van der Waals surface area (Å²) in [7, 11) is 1.64. The zero-order valence-electron chi connectivity index (χ0n) is 14.6. The first-order valence-corrected chi connectivity index (χ1v) is 8.40. The van der Waals surface area contributed by atoms with Gasteiger partial charge in [0, 0.05) is 0 Å².